The smallest absolute Gasteiger partial charge is 0.416 e. The number of hydrogen-bond acceptors (Lipinski definition) is 6. The van der Waals surface area contributed by atoms with Gasteiger partial charge < -0.3 is 14.8 Å². The third kappa shape index (κ3) is 5.35. The second kappa shape index (κ2) is 9.67. The lowest BCUT2D eigenvalue weighted by Crippen LogP contribution is -2.15. The Balaban J connectivity index is 2.01. The van der Waals surface area contributed by atoms with Crippen LogP contribution in [-0.4, -0.2) is 29.7 Å². The van der Waals surface area contributed by atoms with E-state index >= 15 is 0 Å². The Morgan fingerprint density at radius 1 is 1.16 bits per heavy atom. The molecular weight excluding hydrogens is 423 g/mol. The summed E-state index contributed by atoms with van der Waals surface area (Å²) in [7, 11) is 1.56. The van der Waals surface area contributed by atoms with Gasteiger partial charge in [0.1, 0.15) is 17.1 Å². The molecule has 9 heteroatoms. The van der Waals surface area contributed by atoms with E-state index in [1.54, 1.807) is 20.1 Å². The minimum absolute atomic E-state index is 0.0458. The number of methoxy groups -OCH3 is 1. The number of carbonyl (C=O) groups is 1. The topological polar surface area (TPSA) is 73.3 Å². The standard InChI is InChI=1S/C23H22F3N3O3/c1-4-32-22(30)19-13-27-20(16-8-5-9-17(11-16)23(24,25)26)29-21(19)28-14(2)15-7-6-10-18(12-15)31-3/h5-14H,4H2,1-3H3,(H,27,28,29)/t14-/m0/s1. The van der Waals surface area contributed by atoms with Gasteiger partial charge in [-0.3, -0.25) is 0 Å². The van der Waals surface area contributed by atoms with E-state index < -0.39 is 17.7 Å². The highest BCUT2D eigenvalue weighted by Crippen LogP contribution is 2.32. The molecule has 2 aromatic carbocycles. The number of aromatic nitrogens is 2. The molecule has 0 spiro atoms. The van der Waals surface area contributed by atoms with Gasteiger partial charge in [0.25, 0.3) is 0 Å². The van der Waals surface area contributed by atoms with Gasteiger partial charge in [-0.1, -0.05) is 24.3 Å². The molecule has 0 aliphatic carbocycles. The van der Waals surface area contributed by atoms with Gasteiger partial charge in [-0.2, -0.15) is 13.2 Å². The van der Waals surface area contributed by atoms with E-state index in [-0.39, 0.29) is 35.4 Å². The third-order valence-corrected chi connectivity index (χ3v) is 4.68. The second-order valence-corrected chi connectivity index (χ2v) is 6.90. The highest BCUT2D eigenvalue weighted by molar-refractivity contribution is 5.94. The first-order valence-electron chi connectivity index (χ1n) is 9.85. The minimum Gasteiger partial charge on any atom is -0.497 e. The number of halogens is 3. The van der Waals surface area contributed by atoms with Crippen LogP contribution < -0.4 is 10.1 Å². The number of rotatable bonds is 7. The average molecular weight is 445 g/mol. The van der Waals surface area contributed by atoms with Crippen molar-refractivity contribution in [1.29, 1.82) is 0 Å². The molecule has 0 aliphatic heterocycles. The van der Waals surface area contributed by atoms with E-state index in [0.717, 1.165) is 17.7 Å². The zero-order valence-electron chi connectivity index (χ0n) is 17.7. The normalized spacial score (nSPS) is 12.2. The van der Waals surface area contributed by atoms with Crippen LogP contribution in [0.3, 0.4) is 0 Å². The molecule has 0 aliphatic rings. The molecule has 0 saturated heterocycles. The van der Waals surface area contributed by atoms with Gasteiger partial charge in [0.2, 0.25) is 0 Å². The molecular formula is C23H22F3N3O3. The van der Waals surface area contributed by atoms with Crippen LogP contribution in [0.5, 0.6) is 5.75 Å². The summed E-state index contributed by atoms with van der Waals surface area (Å²) in [5.74, 6) is 0.225. The van der Waals surface area contributed by atoms with E-state index in [4.69, 9.17) is 9.47 Å². The summed E-state index contributed by atoms with van der Waals surface area (Å²) in [6, 6.07) is 11.7. The summed E-state index contributed by atoms with van der Waals surface area (Å²) < 4.78 is 49.7. The van der Waals surface area contributed by atoms with Crippen LogP contribution >= 0.6 is 0 Å². The highest BCUT2D eigenvalue weighted by atomic mass is 19.4. The molecule has 0 fully saturated rings. The maximum absolute atomic E-state index is 13.1. The summed E-state index contributed by atoms with van der Waals surface area (Å²) in [6.07, 6.45) is -3.25. The van der Waals surface area contributed by atoms with Crippen molar-refractivity contribution in [2.24, 2.45) is 0 Å². The largest absolute Gasteiger partial charge is 0.497 e. The molecule has 0 amide bonds. The third-order valence-electron chi connectivity index (χ3n) is 4.68. The molecule has 3 rings (SSSR count). The van der Waals surface area contributed by atoms with Crippen molar-refractivity contribution in [2.45, 2.75) is 26.1 Å². The number of nitrogens with one attached hydrogen (secondary N) is 1. The molecule has 0 radical (unpaired) electrons. The van der Waals surface area contributed by atoms with Crippen LogP contribution in [0.15, 0.2) is 54.7 Å². The van der Waals surface area contributed by atoms with E-state index in [1.807, 2.05) is 25.1 Å². The van der Waals surface area contributed by atoms with Crippen molar-refractivity contribution in [3.8, 4) is 17.1 Å². The van der Waals surface area contributed by atoms with E-state index in [9.17, 15) is 18.0 Å². The lowest BCUT2D eigenvalue weighted by atomic mass is 10.1. The predicted octanol–water partition coefficient (Wildman–Crippen LogP) is 5.52. The molecule has 0 unspecified atom stereocenters. The lowest BCUT2D eigenvalue weighted by molar-refractivity contribution is -0.137. The van der Waals surface area contributed by atoms with Crippen molar-refractivity contribution in [3.63, 3.8) is 0 Å². The number of esters is 1. The number of anilines is 1. The predicted molar refractivity (Wildman–Crippen MR) is 113 cm³/mol. The lowest BCUT2D eigenvalue weighted by Gasteiger charge is -2.18. The van der Waals surface area contributed by atoms with Crippen LogP contribution in [-0.2, 0) is 10.9 Å². The molecule has 0 saturated carbocycles. The first-order valence-corrected chi connectivity index (χ1v) is 9.85. The fourth-order valence-corrected chi connectivity index (χ4v) is 3.02. The number of ether oxygens (including phenoxy) is 2. The SMILES string of the molecule is CCOC(=O)c1cnc(-c2cccc(C(F)(F)F)c2)nc1N[C@@H](C)c1cccc(OC)c1. The zero-order chi connectivity index (χ0) is 23.3. The summed E-state index contributed by atoms with van der Waals surface area (Å²) in [4.78, 5) is 20.9. The van der Waals surface area contributed by atoms with Gasteiger partial charge >= 0.3 is 12.1 Å². The van der Waals surface area contributed by atoms with Crippen molar-refractivity contribution in [1.82, 2.24) is 9.97 Å². The van der Waals surface area contributed by atoms with Gasteiger partial charge in [-0.15, -0.1) is 0 Å². The van der Waals surface area contributed by atoms with E-state index in [0.29, 0.717) is 5.75 Å². The molecule has 168 valence electrons. The van der Waals surface area contributed by atoms with Gasteiger partial charge in [0.05, 0.1) is 25.3 Å². The Morgan fingerprint density at radius 3 is 2.59 bits per heavy atom. The van der Waals surface area contributed by atoms with Crippen LogP contribution in [0, 0.1) is 0 Å². The molecule has 0 bridgehead atoms. The Bertz CT molecular complexity index is 1100. The summed E-state index contributed by atoms with van der Waals surface area (Å²) in [6.45, 7) is 3.68. The molecule has 3 aromatic rings. The zero-order valence-corrected chi connectivity index (χ0v) is 17.7. The number of alkyl halides is 3. The van der Waals surface area contributed by atoms with Gasteiger partial charge in [-0.05, 0) is 43.7 Å². The van der Waals surface area contributed by atoms with Gasteiger partial charge in [-0.25, -0.2) is 14.8 Å². The van der Waals surface area contributed by atoms with Crippen LogP contribution in [0.25, 0.3) is 11.4 Å². The van der Waals surface area contributed by atoms with Crippen molar-refractivity contribution in [2.75, 3.05) is 19.0 Å². The second-order valence-electron chi connectivity index (χ2n) is 6.90. The molecule has 6 nitrogen and oxygen atoms in total. The first kappa shape index (κ1) is 23.1. The van der Waals surface area contributed by atoms with E-state index in [2.05, 4.69) is 15.3 Å². The van der Waals surface area contributed by atoms with Crippen molar-refractivity contribution >= 4 is 11.8 Å². The van der Waals surface area contributed by atoms with Crippen LogP contribution in [0.4, 0.5) is 19.0 Å². The molecule has 32 heavy (non-hydrogen) atoms. The molecule has 1 heterocycles. The molecule has 1 atom stereocenters. The fraction of sp³-hybridized carbons (Fsp3) is 0.261. The maximum atomic E-state index is 13.1. The highest BCUT2D eigenvalue weighted by Gasteiger charge is 2.30. The van der Waals surface area contributed by atoms with E-state index in [1.165, 1.54) is 18.3 Å². The fourth-order valence-electron chi connectivity index (χ4n) is 3.02. The Morgan fingerprint density at radius 2 is 1.91 bits per heavy atom. The summed E-state index contributed by atoms with van der Waals surface area (Å²) in [5.41, 5.74) is 0.301. The number of carbonyl (C=O) groups excluding carboxylic acids is 1. The number of hydrogen-bond donors (Lipinski definition) is 1. The van der Waals surface area contributed by atoms with Crippen molar-refractivity contribution < 1.29 is 27.4 Å². The monoisotopic (exact) mass is 445 g/mol. The average Bonchev–Trinajstić information content (AvgIpc) is 2.78. The molecule has 1 aromatic heterocycles. The van der Waals surface area contributed by atoms with Crippen molar-refractivity contribution in [3.05, 3.63) is 71.4 Å². The minimum atomic E-state index is -4.50. The first-order chi connectivity index (χ1) is 15.2. The molecule has 1 N–H and O–H groups in total. The number of benzene rings is 2. The van der Waals surface area contributed by atoms with Crippen LogP contribution in [0.2, 0.25) is 0 Å². The summed E-state index contributed by atoms with van der Waals surface area (Å²) in [5, 5.41) is 3.14. The maximum Gasteiger partial charge on any atom is 0.416 e. The number of nitrogens with zero attached hydrogens (tertiary/aromatic N) is 2. The summed E-state index contributed by atoms with van der Waals surface area (Å²) >= 11 is 0. The van der Waals surface area contributed by atoms with Crippen LogP contribution in [0.1, 0.15) is 41.4 Å². The Labute approximate surface area is 183 Å². The quantitative estimate of drug-likeness (QED) is 0.483. The van der Waals surface area contributed by atoms with Gasteiger partial charge in [0.15, 0.2) is 5.82 Å². The van der Waals surface area contributed by atoms with Gasteiger partial charge in [0, 0.05) is 11.8 Å². The Kier molecular flexibility index (Phi) is 6.97. The Hall–Kier alpha value is -3.62.